The van der Waals surface area contributed by atoms with Crippen molar-refractivity contribution in [3.8, 4) is 0 Å². The van der Waals surface area contributed by atoms with Gasteiger partial charge in [0.1, 0.15) is 0 Å². The fraction of sp³-hybridized carbons (Fsp3) is 0.471. The summed E-state index contributed by atoms with van der Waals surface area (Å²) in [4.78, 5) is 4.42. The molecule has 0 aliphatic heterocycles. The Morgan fingerprint density at radius 1 is 1.20 bits per heavy atom. The standard InChI is InChI=1S/C17H24N2S/c1-4-7-18-16(12-17-19-8-9-20-17)11-15-6-5-13(2)14(3)10-15/h5-6,8-10,16,18H,4,7,11-12H2,1-3H3. The molecule has 108 valence electrons. The summed E-state index contributed by atoms with van der Waals surface area (Å²) in [5.74, 6) is 0. The Bertz CT molecular complexity index is 520. The van der Waals surface area contributed by atoms with Crippen molar-refractivity contribution < 1.29 is 0 Å². The molecule has 1 aromatic heterocycles. The van der Waals surface area contributed by atoms with Gasteiger partial charge in [-0.2, -0.15) is 0 Å². The van der Waals surface area contributed by atoms with E-state index in [4.69, 9.17) is 0 Å². The van der Waals surface area contributed by atoms with Gasteiger partial charge in [0.05, 0.1) is 5.01 Å². The lowest BCUT2D eigenvalue weighted by Crippen LogP contribution is -2.33. The summed E-state index contributed by atoms with van der Waals surface area (Å²) in [6.45, 7) is 7.64. The summed E-state index contributed by atoms with van der Waals surface area (Å²) in [6, 6.07) is 7.27. The van der Waals surface area contributed by atoms with Crippen molar-refractivity contribution in [1.29, 1.82) is 0 Å². The second-order valence-electron chi connectivity index (χ2n) is 5.40. The van der Waals surface area contributed by atoms with Gasteiger partial charge in [-0.05, 0) is 49.9 Å². The molecule has 0 aliphatic rings. The van der Waals surface area contributed by atoms with E-state index < -0.39 is 0 Å². The molecule has 1 atom stereocenters. The molecule has 0 bridgehead atoms. The Morgan fingerprint density at radius 2 is 2.05 bits per heavy atom. The van der Waals surface area contributed by atoms with Crippen LogP contribution in [0.25, 0.3) is 0 Å². The van der Waals surface area contributed by atoms with Gasteiger partial charge in [-0.1, -0.05) is 25.1 Å². The van der Waals surface area contributed by atoms with Crippen LogP contribution in [0, 0.1) is 13.8 Å². The molecular weight excluding hydrogens is 264 g/mol. The number of nitrogens with zero attached hydrogens (tertiary/aromatic N) is 1. The number of hydrogen-bond acceptors (Lipinski definition) is 3. The van der Waals surface area contributed by atoms with Crippen LogP contribution in [0.5, 0.6) is 0 Å². The lowest BCUT2D eigenvalue weighted by atomic mass is 9.99. The fourth-order valence-electron chi connectivity index (χ4n) is 2.34. The Balaban J connectivity index is 2.04. The summed E-state index contributed by atoms with van der Waals surface area (Å²) in [5, 5.41) is 6.94. The van der Waals surface area contributed by atoms with Crippen LogP contribution >= 0.6 is 11.3 Å². The molecule has 3 heteroatoms. The molecule has 1 aromatic carbocycles. The third-order valence-corrected chi connectivity index (χ3v) is 4.44. The largest absolute Gasteiger partial charge is 0.313 e. The van der Waals surface area contributed by atoms with Crippen LogP contribution in [-0.4, -0.2) is 17.6 Å². The van der Waals surface area contributed by atoms with Gasteiger partial charge in [0.2, 0.25) is 0 Å². The molecule has 0 saturated carbocycles. The predicted octanol–water partition coefficient (Wildman–Crippen LogP) is 3.91. The molecule has 1 unspecified atom stereocenters. The summed E-state index contributed by atoms with van der Waals surface area (Å²) in [6.07, 6.45) is 5.15. The van der Waals surface area contributed by atoms with E-state index in [1.807, 2.05) is 6.20 Å². The van der Waals surface area contributed by atoms with E-state index in [1.165, 1.54) is 28.1 Å². The highest BCUT2D eigenvalue weighted by molar-refractivity contribution is 7.09. The van der Waals surface area contributed by atoms with Crippen molar-refractivity contribution in [2.75, 3.05) is 6.54 Å². The van der Waals surface area contributed by atoms with Crippen molar-refractivity contribution in [3.63, 3.8) is 0 Å². The van der Waals surface area contributed by atoms with Crippen molar-refractivity contribution in [2.45, 2.75) is 46.1 Å². The quantitative estimate of drug-likeness (QED) is 0.835. The second kappa shape index (κ2) is 7.55. The highest BCUT2D eigenvalue weighted by atomic mass is 32.1. The lowest BCUT2D eigenvalue weighted by Gasteiger charge is -2.18. The van der Waals surface area contributed by atoms with Gasteiger partial charge in [0, 0.05) is 24.0 Å². The summed E-state index contributed by atoms with van der Waals surface area (Å²) in [5.41, 5.74) is 4.16. The van der Waals surface area contributed by atoms with Gasteiger partial charge in [-0.3, -0.25) is 0 Å². The predicted molar refractivity (Wildman–Crippen MR) is 87.5 cm³/mol. The number of aryl methyl sites for hydroxylation is 2. The van der Waals surface area contributed by atoms with Crippen molar-refractivity contribution in [1.82, 2.24) is 10.3 Å². The molecule has 0 aliphatic carbocycles. The molecule has 2 aromatic rings. The highest BCUT2D eigenvalue weighted by Gasteiger charge is 2.12. The maximum absolute atomic E-state index is 4.42. The van der Waals surface area contributed by atoms with Crippen molar-refractivity contribution in [3.05, 3.63) is 51.5 Å². The van der Waals surface area contributed by atoms with E-state index in [1.54, 1.807) is 11.3 Å². The third kappa shape index (κ3) is 4.43. The van der Waals surface area contributed by atoms with Crippen LogP contribution < -0.4 is 5.32 Å². The maximum Gasteiger partial charge on any atom is 0.0940 e. The number of hydrogen-bond donors (Lipinski definition) is 1. The first-order valence-electron chi connectivity index (χ1n) is 7.37. The molecule has 2 nitrogen and oxygen atoms in total. The van der Waals surface area contributed by atoms with Gasteiger partial charge in [0.15, 0.2) is 0 Å². The Labute approximate surface area is 126 Å². The van der Waals surface area contributed by atoms with E-state index in [0.29, 0.717) is 6.04 Å². The van der Waals surface area contributed by atoms with Gasteiger partial charge in [-0.25, -0.2) is 4.98 Å². The first kappa shape index (κ1) is 15.2. The SMILES string of the molecule is CCCNC(Cc1ccc(C)c(C)c1)Cc1nccs1. The monoisotopic (exact) mass is 288 g/mol. The zero-order valence-corrected chi connectivity index (χ0v) is 13.5. The molecule has 0 saturated heterocycles. The number of nitrogens with one attached hydrogen (secondary N) is 1. The number of thiazole rings is 1. The molecule has 0 radical (unpaired) electrons. The van der Waals surface area contributed by atoms with Crippen LogP contribution in [0.15, 0.2) is 29.8 Å². The number of rotatable bonds is 7. The summed E-state index contributed by atoms with van der Waals surface area (Å²) < 4.78 is 0. The molecular formula is C17H24N2S. The number of aromatic nitrogens is 1. The minimum Gasteiger partial charge on any atom is -0.313 e. The Hall–Kier alpha value is -1.19. The van der Waals surface area contributed by atoms with Crippen molar-refractivity contribution in [2.24, 2.45) is 0 Å². The van der Waals surface area contributed by atoms with E-state index in [-0.39, 0.29) is 0 Å². The fourth-order valence-corrected chi connectivity index (χ4v) is 3.04. The van der Waals surface area contributed by atoms with Crippen LogP contribution in [-0.2, 0) is 12.8 Å². The van der Waals surface area contributed by atoms with E-state index in [2.05, 4.69) is 54.7 Å². The first-order valence-corrected chi connectivity index (χ1v) is 8.25. The minimum absolute atomic E-state index is 0.475. The van der Waals surface area contributed by atoms with E-state index in [9.17, 15) is 0 Å². The van der Waals surface area contributed by atoms with E-state index in [0.717, 1.165) is 19.4 Å². The molecule has 20 heavy (non-hydrogen) atoms. The van der Waals surface area contributed by atoms with Gasteiger partial charge in [-0.15, -0.1) is 11.3 Å². The van der Waals surface area contributed by atoms with Crippen molar-refractivity contribution >= 4 is 11.3 Å². The zero-order valence-electron chi connectivity index (χ0n) is 12.6. The topological polar surface area (TPSA) is 24.9 Å². The highest BCUT2D eigenvalue weighted by Crippen LogP contribution is 2.14. The van der Waals surface area contributed by atoms with Gasteiger partial charge >= 0.3 is 0 Å². The van der Waals surface area contributed by atoms with Gasteiger partial charge < -0.3 is 5.32 Å². The molecule has 0 amide bonds. The van der Waals surface area contributed by atoms with E-state index >= 15 is 0 Å². The molecule has 0 fully saturated rings. The van der Waals surface area contributed by atoms with Crippen LogP contribution in [0.2, 0.25) is 0 Å². The minimum atomic E-state index is 0.475. The van der Waals surface area contributed by atoms with Crippen LogP contribution in [0.1, 0.15) is 35.0 Å². The van der Waals surface area contributed by atoms with Crippen LogP contribution in [0.3, 0.4) is 0 Å². The summed E-state index contributed by atoms with van der Waals surface area (Å²) in [7, 11) is 0. The zero-order chi connectivity index (χ0) is 14.4. The Kier molecular flexibility index (Phi) is 5.74. The Morgan fingerprint density at radius 3 is 2.70 bits per heavy atom. The van der Waals surface area contributed by atoms with Crippen LogP contribution in [0.4, 0.5) is 0 Å². The smallest absolute Gasteiger partial charge is 0.0940 e. The van der Waals surface area contributed by atoms with Gasteiger partial charge in [0.25, 0.3) is 0 Å². The average molecular weight is 288 g/mol. The average Bonchev–Trinajstić information content (AvgIpc) is 2.93. The normalized spacial score (nSPS) is 12.6. The molecule has 2 rings (SSSR count). The molecule has 1 N–H and O–H groups in total. The second-order valence-corrected chi connectivity index (χ2v) is 6.38. The number of benzene rings is 1. The summed E-state index contributed by atoms with van der Waals surface area (Å²) >= 11 is 1.75. The maximum atomic E-state index is 4.42. The third-order valence-electron chi connectivity index (χ3n) is 3.64. The lowest BCUT2D eigenvalue weighted by molar-refractivity contribution is 0.504. The molecule has 1 heterocycles. The molecule has 0 spiro atoms. The first-order chi connectivity index (χ1) is 9.69.